The van der Waals surface area contributed by atoms with Crippen molar-refractivity contribution in [1.82, 2.24) is 9.21 Å². The van der Waals surface area contributed by atoms with E-state index in [2.05, 4.69) is 0 Å². The van der Waals surface area contributed by atoms with Crippen LogP contribution in [0.2, 0.25) is 0 Å². The van der Waals surface area contributed by atoms with E-state index in [1.165, 1.54) is 43.5 Å². The number of halogens is 3. The van der Waals surface area contributed by atoms with Gasteiger partial charge < -0.3 is 9.84 Å². The molecule has 1 heterocycles. The smallest absolute Gasteiger partial charge is 0.416 e. The van der Waals surface area contributed by atoms with Crippen LogP contribution in [0, 0.1) is 11.8 Å². The van der Waals surface area contributed by atoms with Gasteiger partial charge in [0, 0.05) is 25.7 Å². The average Bonchev–Trinajstić information content (AvgIpc) is 3.78. The first-order chi connectivity index (χ1) is 19.0. The van der Waals surface area contributed by atoms with Gasteiger partial charge in [0.15, 0.2) is 0 Å². The van der Waals surface area contributed by atoms with E-state index in [9.17, 15) is 31.5 Å². The lowest BCUT2D eigenvalue weighted by Gasteiger charge is -2.42. The first-order valence-electron chi connectivity index (χ1n) is 13.9. The molecule has 2 atom stereocenters. The molecule has 3 fully saturated rings. The quantitative estimate of drug-likeness (QED) is 0.417. The van der Waals surface area contributed by atoms with Crippen molar-refractivity contribution < 1.29 is 36.2 Å². The predicted molar refractivity (Wildman–Crippen MR) is 142 cm³/mol. The van der Waals surface area contributed by atoms with Gasteiger partial charge in [0.1, 0.15) is 11.8 Å². The Kier molecular flexibility index (Phi) is 8.45. The number of rotatable bonds is 9. The summed E-state index contributed by atoms with van der Waals surface area (Å²) in [5.74, 6) is 0.0120. The van der Waals surface area contributed by atoms with Gasteiger partial charge in [-0.25, -0.2) is 8.42 Å². The lowest BCUT2D eigenvalue weighted by Crippen LogP contribution is -2.58. The Hall–Kier alpha value is -2.63. The number of carboxylic acids is 1. The Balaban J connectivity index is 1.29. The number of sulfonamides is 1. The van der Waals surface area contributed by atoms with Gasteiger partial charge >= 0.3 is 12.1 Å². The number of aliphatic carboxylic acids is 1. The number of alkyl halides is 3. The molecule has 7 nitrogen and oxygen atoms in total. The van der Waals surface area contributed by atoms with Crippen LogP contribution in [-0.2, 0) is 21.0 Å². The van der Waals surface area contributed by atoms with Crippen LogP contribution in [0.4, 0.5) is 13.2 Å². The number of hydrogen-bond donors (Lipinski definition) is 1. The molecule has 3 aliphatic rings. The third-order valence-electron chi connectivity index (χ3n) is 8.33. The molecule has 218 valence electrons. The summed E-state index contributed by atoms with van der Waals surface area (Å²) in [6, 6.07) is 9.51. The van der Waals surface area contributed by atoms with Crippen LogP contribution in [0.1, 0.15) is 62.1 Å². The molecule has 11 heteroatoms. The molecule has 2 aliphatic carbocycles. The lowest BCUT2D eigenvalue weighted by molar-refractivity contribution is -0.144. The summed E-state index contributed by atoms with van der Waals surface area (Å²) in [6.45, 7) is 0.770. The van der Waals surface area contributed by atoms with Crippen LogP contribution in [0.25, 0.3) is 0 Å². The average molecular weight is 581 g/mol. The van der Waals surface area contributed by atoms with Crippen LogP contribution in [0.5, 0.6) is 5.75 Å². The third-order valence-corrected chi connectivity index (χ3v) is 10.3. The summed E-state index contributed by atoms with van der Waals surface area (Å²) in [5.41, 5.74) is -0.0599. The molecule has 0 aromatic heterocycles. The molecule has 2 saturated carbocycles. The topological polar surface area (TPSA) is 87.2 Å². The molecule has 1 N–H and O–H groups in total. The maximum atomic E-state index is 13.5. The molecule has 2 unspecified atom stereocenters. The van der Waals surface area contributed by atoms with Crippen LogP contribution in [-0.4, -0.2) is 61.0 Å². The van der Waals surface area contributed by atoms with Crippen LogP contribution >= 0.6 is 0 Å². The van der Waals surface area contributed by atoms with Crippen LogP contribution < -0.4 is 4.74 Å². The Morgan fingerprint density at radius 1 is 0.950 bits per heavy atom. The lowest BCUT2D eigenvalue weighted by atomic mass is 9.90. The Bertz CT molecular complexity index is 1270. The summed E-state index contributed by atoms with van der Waals surface area (Å²) in [4.78, 5) is 14.2. The van der Waals surface area contributed by atoms with Crippen molar-refractivity contribution in [1.29, 1.82) is 0 Å². The van der Waals surface area contributed by atoms with Crippen molar-refractivity contribution in [3.63, 3.8) is 0 Å². The van der Waals surface area contributed by atoms with Gasteiger partial charge in [0.2, 0.25) is 10.0 Å². The number of ether oxygens (including phenoxy) is 1. The highest BCUT2D eigenvalue weighted by molar-refractivity contribution is 7.89. The molecule has 1 aliphatic heterocycles. The number of carboxylic acid groups (broad SMARTS) is 1. The largest absolute Gasteiger partial charge is 0.493 e. The molecular weight excluding hydrogens is 545 g/mol. The minimum atomic E-state index is -4.44. The van der Waals surface area contributed by atoms with E-state index in [4.69, 9.17) is 4.74 Å². The monoisotopic (exact) mass is 580 g/mol. The minimum Gasteiger partial charge on any atom is -0.493 e. The Morgan fingerprint density at radius 2 is 1.60 bits per heavy atom. The zero-order chi connectivity index (χ0) is 28.5. The molecule has 0 spiro atoms. The summed E-state index contributed by atoms with van der Waals surface area (Å²) in [6.07, 6.45) is 3.26. The van der Waals surface area contributed by atoms with E-state index in [1.807, 2.05) is 4.90 Å². The van der Waals surface area contributed by atoms with Crippen molar-refractivity contribution >= 4 is 16.0 Å². The van der Waals surface area contributed by atoms with E-state index in [1.54, 1.807) is 12.1 Å². The second-order valence-electron chi connectivity index (χ2n) is 11.2. The maximum Gasteiger partial charge on any atom is 0.416 e. The molecule has 2 aromatic rings. The van der Waals surface area contributed by atoms with E-state index < -0.39 is 33.8 Å². The normalized spacial score (nSPS) is 22.6. The van der Waals surface area contributed by atoms with Crippen LogP contribution in [0.3, 0.4) is 0 Å². The minimum absolute atomic E-state index is 0.00120. The summed E-state index contributed by atoms with van der Waals surface area (Å²) in [5, 5.41) is 10.0. The first kappa shape index (κ1) is 28.9. The van der Waals surface area contributed by atoms with Crippen LogP contribution in [0.15, 0.2) is 53.4 Å². The molecule has 5 rings (SSSR count). The predicted octanol–water partition coefficient (Wildman–Crippen LogP) is 5.58. The number of hydrogen-bond acceptors (Lipinski definition) is 5. The van der Waals surface area contributed by atoms with Gasteiger partial charge in [-0.3, -0.25) is 9.69 Å². The van der Waals surface area contributed by atoms with Gasteiger partial charge in [-0.2, -0.15) is 17.5 Å². The molecule has 0 radical (unpaired) electrons. The standard InChI is InChI=1S/C29H35F3N2O5S/c30-29(31,32)23-10-8-22(9-11-23)27(21-6-7-21)33-16-17-34(26(18-33)28(35)36)40(37,38)25-14-12-24(13-15-25)39-19-20-4-2-1-3-5-20/h8-15,20-21,26-27H,1-7,16-19H2,(H,35,36). The van der Waals surface area contributed by atoms with Crippen molar-refractivity contribution in [3.05, 3.63) is 59.7 Å². The second-order valence-corrected chi connectivity index (χ2v) is 13.0. The zero-order valence-corrected chi connectivity index (χ0v) is 23.0. The van der Waals surface area contributed by atoms with E-state index >= 15 is 0 Å². The fraction of sp³-hybridized carbons (Fsp3) is 0.552. The highest BCUT2D eigenvalue weighted by Gasteiger charge is 2.45. The number of benzene rings is 2. The molecule has 0 bridgehead atoms. The molecule has 1 saturated heterocycles. The fourth-order valence-corrected chi connectivity index (χ4v) is 7.57. The van der Waals surface area contributed by atoms with Gasteiger partial charge in [0.05, 0.1) is 17.1 Å². The summed E-state index contributed by atoms with van der Waals surface area (Å²) in [7, 11) is -4.10. The van der Waals surface area contributed by atoms with Gasteiger partial charge in [-0.05, 0) is 79.5 Å². The molecule has 40 heavy (non-hydrogen) atoms. The van der Waals surface area contributed by atoms with Crippen molar-refractivity contribution in [2.24, 2.45) is 11.8 Å². The first-order valence-corrected chi connectivity index (χ1v) is 15.4. The molecule has 2 aromatic carbocycles. The Morgan fingerprint density at radius 3 is 2.17 bits per heavy atom. The van der Waals surface area contributed by atoms with Crippen molar-refractivity contribution in [3.8, 4) is 5.75 Å². The molecular formula is C29H35F3N2O5S. The van der Waals surface area contributed by atoms with Crippen molar-refractivity contribution in [2.75, 3.05) is 26.2 Å². The van der Waals surface area contributed by atoms with Gasteiger partial charge in [-0.15, -0.1) is 0 Å². The van der Waals surface area contributed by atoms with Gasteiger partial charge in [0.25, 0.3) is 0 Å². The zero-order valence-electron chi connectivity index (χ0n) is 22.2. The van der Waals surface area contributed by atoms with E-state index in [-0.39, 0.29) is 36.5 Å². The number of piperazine rings is 1. The highest BCUT2D eigenvalue weighted by Crippen LogP contribution is 2.46. The number of carbonyl (C=O) groups is 1. The van der Waals surface area contributed by atoms with Gasteiger partial charge in [-0.1, -0.05) is 31.4 Å². The highest BCUT2D eigenvalue weighted by atomic mass is 32.2. The second kappa shape index (κ2) is 11.7. The fourth-order valence-electron chi connectivity index (χ4n) is 6.00. The maximum absolute atomic E-state index is 13.5. The van der Waals surface area contributed by atoms with E-state index in [0.29, 0.717) is 23.8 Å². The Labute approximate surface area is 233 Å². The third kappa shape index (κ3) is 6.47. The summed E-state index contributed by atoms with van der Waals surface area (Å²) < 4.78 is 73.2. The van der Waals surface area contributed by atoms with E-state index in [0.717, 1.165) is 42.1 Å². The van der Waals surface area contributed by atoms with Crippen molar-refractivity contribution in [2.45, 2.75) is 68.1 Å². The summed E-state index contributed by atoms with van der Waals surface area (Å²) >= 11 is 0. The molecule has 0 amide bonds. The number of nitrogens with zero attached hydrogens (tertiary/aromatic N) is 2. The SMILES string of the molecule is O=C(O)C1CN(C(c2ccc(C(F)(F)F)cc2)C2CC2)CCN1S(=O)(=O)c1ccc(OCC2CCCCC2)cc1.